The molecule has 5 nitrogen and oxygen atoms in total. The topological polar surface area (TPSA) is 42.9 Å². The molecule has 2 aliphatic heterocycles. The highest BCUT2D eigenvalue weighted by molar-refractivity contribution is 14.0. The van der Waals surface area contributed by atoms with Crippen molar-refractivity contribution in [2.24, 2.45) is 10.9 Å². The molecule has 1 saturated carbocycles. The third-order valence-corrected chi connectivity index (χ3v) is 6.58. The van der Waals surface area contributed by atoms with E-state index in [9.17, 15) is 0 Å². The van der Waals surface area contributed by atoms with Crippen LogP contribution in [0, 0.1) is 5.92 Å². The van der Waals surface area contributed by atoms with E-state index in [4.69, 9.17) is 4.99 Å². The fourth-order valence-electron chi connectivity index (χ4n) is 4.68. The van der Waals surface area contributed by atoms with Crippen LogP contribution in [0.15, 0.2) is 29.3 Å². The van der Waals surface area contributed by atoms with Crippen LogP contribution in [0.3, 0.4) is 0 Å². The Morgan fingerprint density at radius 1 is 0.967 bits per heavy atom. The van der Waals surface area contributed by atoms with Crippen molar-refractivity contribution < 1.29 is 0 Å². The van der Waals surface area contributed by atoms with Crippen LogP contribution < -0.4 is 10.6 Å². The molecule has 6 heteroatoms. The minimum Gasteiger partial charge on any atom is -0.357 e. The van der Waals surface area contributed by atoms with Crippen molar-refractivity contribution >= 4 is 29.9 Å². The van der Waals surface area contributed by atoms with Crippen LogP contribution in [0.2, 0.25) is 0 Å². The third kappa shape index (κ3) is 7.38. The van der Waals surface area contributed by atoms with Gasteiger partial charge in [-0.05, 0) is 75.7 Å². The van der Waals surface area contributed by atoms with Gasteiger partial charge >= 0.3 is 0 Å². The number of likely N-dealkylation sites (tertiary alicyclic amines) is 2. The summed E-state index contributed by atoms with van der Waals surface area (Å²) in [5.74, 6) is 1.71. The second kappa shape index (κ2) is 12.2. The van der Waals surface area contributed by atoms with E-state index in [0.29, 0.717) is 0 Å². The highest BCUT2D eigenvalue weighted by Crippen LogP contribution is 2.31. The van der Waals surface area contributed by atoms with Gasteiger partial charge in [-0.1, -0.05) is 30.7 Å². The second-order valence-electron chi connectivity index (χ2n) is 9.11. The van der Waals surface area contributed by atoms with Crippen molar-refractivity contribution in [1.29, 1.82) is 0 Å². The Hall–Kier alpha value is -0.860. The Morgan fingerprint density at radius 2 is 1.70 bits per heavy atom. The summed E-state index contributed by atoms with van der Waals surface area (Å²) >= 11 is 0. The predicted molar refractivity (Wildman–Crippen MR) is 137 cm³/mol. The SMILES string of the molecule is CCNC(=NCc1ccc(CN2CCCCC2)cc1)NCC1CCN(C2CC2)C1.I. The van der Waals surface area contributed by atoms with Crippen molar-refractivity contribution in [2.45, 2.75) is 64.6 Å². The number of benzene rings is 1. The lowest BCUT2D eigenvalue weighted by atomic mass is 10.1. The van der Waals surface area contributed by atoms with Gasteiger partial charge in [0.05, 0.1) is 6.54 Å². The zero-order chi connectivity index (χ0) is 19.9. The van der Waals surface area contributed by atoms with E-state index >= 15 is 0 Å². The Morgan fingerprint density at radius 3 is 2.40 bits per heavy atom. The molecule has 1 unspecified atom stereocenters. The largest absolute Gasteiger partial charge is 0.357 e. The first-order chi connectivity index (χ1) is 14.3. The maximum atomic E-state index is 4.83. The molecule has 2 heterocycles. The van der Waals surface area contributed by atoms with Gasteiger partial charge in [-0.25, -0.2) is 4.99 Å². The van der Waals surface area contributed by atoms with Gasteiger partial charge in [0.15, 0.2) is 5.96 Å². The van der Waals surface area contributed by atoms with E-state index in [1.165, 1.54) is 75.8 Å². The first kappa shape index (κ1) is 23.8. The number of halogens is 1. The van der Waals surface area contributed by atoms with Crippen LogP contribution >= 0.6 is 24.0 Å². The lowest BCUT2D eigenvalue weighted by molar-refractivity contribution is 0.221. The average molecular weight is 526 g/mol. The van der Waals surface area contributed by atoms with E-state index < -0.39 is 0 Å². The molecule has 0 amide bonds. The fourth-order valence-corrected chi connectivity index (χ4v) is 4.68. The smallest absolute Gasteiger partial charge is 0.191 e. The summed E-state index contributed by atoms with van der Waals surface area (Å²) in [7, 11) is 0. The highest BCUT2D eigenvalue weighted by atomic mass is 127. The quantitative estimate of drug-likeness (QED) is 0.308. The Bertz CT molecular complexity index is 652. The molecule has 0 aromatic heterocycles. The first-order valence-corrected chi connectivity index (χ1v) is 11.9. The van der Waals surface area contributed by atoms with Crippen molar-refractivity contribution in [3.8, 4) is 0 Å². The van der Waals surface area contributed by atoms with Gasteiger partial charge in [0.2, 0.25) is 0 Å². The summed E-state index contributed by atoms with van der Waals surface area (Å²) in [5.41, 5.74) is 2.71. The number of aliphatic imine (C=N–C) groups is 1. The lowest BCUT2D eigenvalue weighted by Crippen LogP contribution is -2.40. The number of hydrogen-bond donors (Lipinski definition) is 2. The Balaban J connectivity index is 0.00000256. The van der Waals surface area contributed by atoms with Crippen LogP contribution in [-0.2, 0) is 13.1 Å². The van der Waals surface area contributed by atoms with Gasteiger partial charge in [0, 0.05) is 32.2 Å². The Labute approximate surface area is 200 Å². The molecule has 1 atom stereocenters. The van der Waals surface area contributed by atoms with E-state index in [2.05, 4.69) is 51.6 Å². The highest BCUT2D eigenvalue weighted by Gasteiger charge is 2.34. The van der Waals surface area contributed by atoms with E-state index in [0.717, 1.165) is 44.1 Å². The van der Waals surface area contributed by atoms with Crippen LogP contribution in [-0.4, -0.2) is 61.1 Å². The number of guanidine groups is 1. The molecular formula is C24H40IN5. The van der Waals surface area contributed by atoms with E-state index in [-0.39, 0.29) is 24.0 Å². The molecule has 0 spiro atoms. The molecule has 168 valence electrons. The number of nitrogens with zero attached hydrogens (tertiary/aromatic N) is 3. The fraction of sp³-hybridized carbons (Fsp3) is 0.708. The molecule has 4 rings (SSSR count). The molecule has 3 aliphatic rings. The molecule has 1 aromatic rings. The maximum absolute atomic E-state index is 4.83. The van der Waals surface area contributed by atoms with Crippen LogP contribution in [0.4, 0.5) is 0 Å². The second-order valence-corrected chi connectivity index (χ2v) is 9.11. The summed E-state index contributed by atoms with van der Waals surface area (Å²) in [6.45, 7) is 10.9. The minimum atomic E-state index is 0. The molecule has 1 aliphatic carbocycles. The van der Waals surface area contributed by atoms with Gasteiger partial charge in [-0.3, -0.25) is 4.90 Å². The number of nitrogens with one attached hydrogen (secondary N) is 2. The molecule has 0 bridgehead atoms. The van der Waals surface area contributed by atoms with Crippen LogP contribution in [0.1, 0.15) is 56.6 Å². The molecule has 0 radical (unpaired) electrons. The minimum absolute atomic E-state index is 0. The normalized spacial score (nSPS) is 23.2. The summed E-state index contributed by atoms with van der Waals surface area (Å²) in [5, 5.41) is 6.99. The average Bonchev–Trinajstić information content (AvgIpc) is 3.50. The number of piperidine rings is 1. The Kier molecular flexibility index (Phi) is 9.71. The molecule has 1 aromatic carbocycles. The van der Waals surface area contributed by atoms with Gasteiger partial charge < -0.3 is 15.5 Å². The van der Waals surface area contributed by atoms with E-state index in [1.807, 2.05) is 0 Å². The van der Waals surface area contributed by atoms with Gasteiger partial charge in [0.25, 0.3) is 0 Å². The third-order valence-electron chi connectivity index (χ3n) is 6.58. The molecular weight excluding hydrogens is 485 g/mol. The molecule has 3 fully saturated rings. The number of rotatable bonds is 8. The number of hydrogen-bond acceptors (Lipinski definition) is 3. The summed E-state index contributed by atoms with van der Waals surface area (Å²) < 4.78 is 0. The maximum Gasteiger partial charge on any atom is 0.191 e. The van der Waals surface area contributed by atoms with Gasteiger partial charge in [0.1, 0.15) is 0 Å². The predicted octanol–water partition coefficient (Wildman–Crippen LogP) is 3.83. The lowest BCUT2D eigenvalue weighted by Gasteiger charge is -2.26. The van der Waals surface area contributed by atoms with Crippen molar-refractivity contribution in [1.82, 2.24) is 20.4 Å². The van der Waals surface area contributed by atoms with Crippen molar-refractivity contribution in [3.63, 3.8) is 0 Å². The van der Waals surface area contributed by atoms with Gasteiger partial charge in [-0.2, -0.15) is 0 Å². The molecule has 2 saturated heterocycles. The monoisotopic (exact) mass is 525 g/mol. The summed E-state index contributed by atoms with van der Waals surface area (Å²) in [6.07, 6.45) is 8.26. The van der Waals surface area contributed by atoms with Crippen LogP contribution in [0.25, 0.3) is 0 Å². The molecule has 2 N–H and O–H groups in total. The zero-order valence-corrected chi connectivity index (χ0v) is 20.9. The standard InChI is InChI=1S/C24H39N5.HI/c1-2-25-24(27-17-22-12-15-29(19-22)23-10-11-23)26-16-20-6-8-21(9-7-20)18-28-13-4-3-5-14-28;/h6-9,22-23H,2-5,10-19H2,1H3,(H2,25,26,27);1H. The van der Waals surface area contributed by atoms with Crippen molar-refractivity contribution in [2.75, 3.05) is 39.3 Å². The summed E-state index contributed by atoms with van der Waals surface area (Å²) in [4.78, 5) is 10.1. The molecule has 30 heavy (non-hydrogen) atoms. The first-order valence-electron chi connectivity index (χ1n) is 11.9. The van der Waals surface area contributed by atoms with Crippen LogP contribution in [0.5, 0.6) is 0 Å². The van der Waals surface area contributed by atoms with Crippen molar-refractivity contribution in [3.05, 3.63) is 35.4 Å². The zero-order valence-electron chi connectivity index (χ0n) is 18.6. The van der Waals surface area contributed by atoms with E-state index in [1.54, 1.807) is 0 Å². The summed E-state index contributed by atoms with van der Waals surface area (Å²) in [6, 6.07) is 9.96. The van der Waals surface area contributed by atoms with Gasteiger partial charge in [-0.15, -0.1) is 24.0 Å².